The lowest BCUT2D eigenvalue weighted by molar-refractivity contribution is -0.132. The molecule has 2 aliphatic rings. The number of hydrazone groups is 1. The second kappa shape index (κ2) is 9.98. The summed E-state index contributed by atoms with van der Waals surface area (Å²) >= 11 is 0. The number of para-hydroxylation sites is 1. The third kappa shape index (κ3) is 5.48. The van der Waals surface area contributed by atoms with Gasteiger partial charge in [0, 0.05) is 25.9 Å². The van der Waals surface area contributed by atoms with Gasteiger partial charge in [0.1, 0.15) is 5.71 Å². The Morgan fingerprint density at radius 1 is 0.970 bits per heavy atom. The fourth-order valence-corrected chi connectivity index (χ4v) is 4.62. The molecule has 2 aliphatic heterocycles. The molecule has 2 aromatic rings. The van der Waals surface area contributed by atoms with E-state index in [0.29, 0.717) is 42.7 Å². The lowest BCUT2D eigenvalue weighted by atomic mass is 9.91. The van der Waals surface area contributed by atoms with Crippen LogP contribution < -0.4 is 5.32 Å². The molecule has 2 heterocycles. The summed E-state index contributed by atoms with van der Waals surface area (Å²) in [6.45, 7) is 6.07. The fourth-order valence-electron chi connectivity index (χ4n) is 4.62. The molecule has 2 aromatic carbocycles. The van der Waals surface area contributed by atoms with Crippen molar-refractivity contribution >= 4 is 29.1 Å². The van der Waals surface area contributed by atoms with E-state index in [-0.39, 0.29) is 36.3 Å². The number of likely N-dealkylation sites (tertiary alicyclic amines) is 1. The summed E-state index contributed by atoms with van der Waals surface area (Å²) in [5, 5.41) is 8.55. The number of carbonyl (C=O) groups excluding carboxylic acids is 3. The van der Waals surface area contributed by atoms with E-state index in [1.165, 1.54) is 5.01 Å². The summed E-state index contributed by atoms with van der Waals surface area (Å²) < 4.78 is 0. The summed E-state index contributed by atoms with van der Waals surface area (Å²) in [5.74, 6) is 0.324. The lowest BCUT2D eigenvalue weighted by Gasteiger charge is -2.35. The molecular formula is C26H30N4O3. The maximum absolute atomic E-state index is 13.3. The van der Waals surface area contributed by atoms with Crippen LogP contribution in [0.1, 0.15) is 49.0 Å². The maximum atomic E-state index is 13.3. The Labute approximate surface area is 194 Å². The molecule has 0 bridgehead atoms. The summed E-state index contributed by atoms with van der Waals surface area (Å²) in [5.41, 5.74) is 2.17. The van der Waals surface area contributed by atoms with E-state index in [2.05, 4.69) is 24.3 Å². The number of rotatable bonds is 5. The van der Waals surface area contributed by atoms with E-state index in [9.17, 15) is 14.4 Å². The van der Waals surface area contributed by atoms with E-state index in [4.69, 9.17) is 0 Å². The van der Waals surface area contributed by atoms with Crippen LogP contribution in [0.4, 0.5) is 5.69 Å². The first kappa shape index (κ1) is 22.7. The van der Waals surface area contributed by atoms with Gasteiger partial charge in [-0.05, 0) is 36.0 Å². The third-order valence-corrected chi connectivity index (χ3v) is 6.10. The average Bonchev–Trinajstić information content (AvgIpc) is 2.80. The SMILES string of the molecule is CC1CC(C)CN(C(=O)c2ccccc2NC(=O)C2=NN(Cc3ccccc3)C(=O)CC2)C1. The van der Waals surface area contributed by atoms with E-state index in [1.807, 2.05) is 35.2 Å². The molecule has 0 aliphatic carbocycles. The molecular weight excluding hydrogens is 416 g/mol. The highest BCUT2D eigenvalue weighted by molar-refractivity contribution is 6.43. The number of nitrogens with one attached hydrogen (secondary N) is 1. The number of hydrogen-bond acceptors (Lipinski definition) is 4. The van der Waals surface area contributed by atoms with Crippen LogP contribution in [-0.2, 0) is 16.1 Å². The Morgan fingerprint density at radius 2 is 1.64 bits per heavy atom. The second-order valence-corrected chi connectivity index (χ2v) is 9.14. The van der Waals surface area contributed by atoms with Gasteiger partial charge in [-0.25, -0.2) is 5.01 Å². The highest BCUT2D eigenvalue weighted by Crippen LogP contribution is 2.25. The van der Waals surface area contributed by atoms with Crippen molar-refractivity contribution in [3.8, 4) is 0 Å². The van der Waals surface area contributed by atoms with Gasteiger partial charge in [0.05, 0.1) is 17.8 Å². The maximum Gasteiger partial charge on any atom is 0.271 e. The fraction of sp³-hybridized carbons (Fsp3) is 0.385. The van der Waals surface area contributed by atoms with Crippen molar-refractivity contribution in [3.63, 3.8) is 0 Å². The Bertz CT molecular complexity index is 1060. The number of nitrogens with zero attached hydrogens (tertiary/aromatic N) is 3. The first-order chi connectivity index (χ1) is 15.9. The number of anilines is 1. The van der Waals surface area contributed by atoms with Crippen molar-refractivity contribution in [3.05, 3.63) is 65.7 Å². The molecule has 7 heteroatoms. The summed E-state index contributed by atoms with van der Waals surface area (Å²) in [4.78, 5) is 40.5. The van der Waals surface area contributed by atoms with Gasteiger partial charge in [-0.15, -0.1) is 0 Å². The molecule has 0 radical (unpaired) electrons. The molecule has 0 aromatic heterocycles. The minimum absolute atomic E-state index is 0.0734. The second-order valence-electron chi connectivity index (χ2n) is 9.14. The van der Waals surface area contributed by atoms with Crippen LogP contribution in [0, 0.1) is 11.8 Å². The van der Waals surface area contributed by atoms with Crippen LogP contribution in [0.3, 0.4) is 0 Å². The summed E-state index contributed by atoms with van der Waals surface area (Å²) in [6.07, 6.45) is 1.61. The van der Waals surface area contributed by atoms with Gasteiger partial charge in [0.15, 0.2) is 0 Å². The van der Waals surface area contributed by atoms with Crippen molar-refractivity contribution in [1.29, 1.82) is 0 Å². The van der Waals surface area contributed by atoms with Crippen molar-refractivity contribution < 1.29 is 14.4 Å². The van der Waals surface area contributed by atoms with Crippen LogP contribution in [0.5, 0.6) is 0 Å². The van der Waals surface area contributed by atoms with Crippen molar-refractivity contribution in [2.24, 2.45) is 16.9 Å². The number of hydrogen-bond donors (Lipinski definition) is 1. The standard InChI is InChI=1S/C26H30N4O3/c1-18-14-19(2)16-29(15-18)26(33)21-10-6-7-11-22(21)27-25(32)23-12-13-24(31)30(28-23)17-20-8-4-3-5-9-20/h3-11,18-19H,12-17H2,1-2H3,(H,27,32). The highest BCUT2D eigenvalue weighted by atomic mass is 16.2. The van der Waals surface area contributed by atoms with Crippen molar-refractivity contribution in [2.75, 3.05) is 18.4 Å². The molecule has 1 fully saturated rings. The Kier molecular flexibility index (Phi) is 6.87. The van der Waals surface area contributed by atoms with Gasteiger partial charge in [-0.1, -0.05) is 56.3 Å². The summed E-state index contributed by atoms with van der Waals surface area (Å²) in [6, 6.07) is 16.6. The largest absolute Gasteiger partial charge is 0.338 e. The Morgan fingerprint density at radius 3 is 2.36 bits per heavy atom. The van der Waals surface area contributed by atoms with E-state index < -0.39 is 0 Å². The molecule has 33 heavy (non-hydrogen) atoms. The van der Waals surface area contributed by atoms with E-state index >= 15 is 0 Å². The predicted octanol–water partition coefficient (Wildman–Crippen LogP) is 3.92. The molecule has 3 amide bonds. The highest BCUT2D eigenvalue weighted by Gasteiger charge is 2.29. The molecule has 2 atom stereocenters. The molecule has 1 N–H and O–H groups in total. The number of carbonyl (C=O) groups is 3. The number of amides is 3. The van der Waals surface area contributed by atoms with Crippen LogP contribution in [0.2, 0.25) is 0 Å². The quantitative estimate of drug-likeness (QED) is 0.756. The van der Waals surface area contributed by atoms with Gasteiger partial charge in [0.2, 0.25) is 5.91 Å². The van der Waals surface area contributed by atoms with Gasteiger partial charge in [-0.2, -0.15) is 5.10 Å². The van der Waals surface area contributed by atoms with E-state index in [0.717, 1.165) is 12.0 Å². The van der Waals surface area contributed by atoms with Crippen LogP contribution in [-0.4, -0.2) is 46.4 Å². The first-order valence-corrected chi connectivity index (χ1v) is 11.5. The van der Waals surface area contributed by atoms with Crippen LogP contribution in [0.15, 0.2) is 59.7 Å². The topological polar surface area (TPSA) is 82.1 Å². The lowest BCUT2D eigenvalue weighted by Crippen LogP contribution is -2.43. The average molecular weight is 447 g/mol. The van der Waals surface area contributed by atoms with Gasteiger partial charge < -0.3 is 10.2 Å². The normalized spacial score (nSPS) is 20.9. The Balaban J connectivity index is 1.50. The zero-order chi connectivity index (χ0) is 23.4. The smallest absolute Gasteiger partial charge is 0.271 e. The molecule has 172 valence electrons. The third-order valence-electron chi connectivity index (χ3n) is 6.10. The molecule has 7 nitrogen and oxygen atoms in total. The minimum Gasteiger partial charge on any atom is -0.338 e. The van der Waals surface area contributed by atoms with Crippen molar-refractivity contribution in [2.45, 2.75) is 39.7 Å². The van der Waals surface area contributed by atoms with Crippen molar-refractivity contribution in [1.82, 2.24) is 9.91 Å². The predicted molar refractivity (Wildman–Crippen MR) is 128 cm³/mol. The number of piperidine rings is 1. The zero-order valence-electron chi connectivity index (χ0n) is 19.2. The minimum atomic E-state index is -0.388. The summed E-state index contributed by atoms with van der Waals surface area (Å²) in [7, 11) is 0. The Hall–Kier alpha value is -3.48. The molecule has 0 saturated carbocycles. The molecule has 2 unspecified atom stereocenters. The molecule has 0 spiro atoms. The van der Waals surface area contributed by atoms with Gasteiger partial charge in [0.25, 0.3) is 11.8 Å². The molecule has 1 saturated heterocycles. The zero-order valence-corrected chi connectivity index (χ0v) is 19.2. The molecule has 4 rings (SSSR count). The van der Waals surface area contributed by atoms with Crippen LogP contribution >= 0.6 is 0 Å². The van der Waals surface area contributed by atoms with E-state index in [1.54, 1.807) is 24.3 Å². The van der Waals surface area contributed by atoms with Gasteiger partial charge >= 0.3 is 0 Å². The monoisotopic (exact) mass is 446 g/mol. The van der Waals surface area contributed by atoms with Crippen LogP contribution in [0.25, 0.3) is 0 Å². The first-order valence-electron chi connectivity index (χ1n) is 11.5. The number of benzene rings is 2. The van der Waals surface area contributed by atoms with Gasteiger partial charge in [-0.3, -0.25) is 14.4 Å².